The molecule has 0 aliphatic carbocycles. The first-order chi connectivity index (χ1) is 10.4. The maximum Gasteiger partial charge on any atom is 0.253 e. The quantitative estimate of drug-likeness (QED) is 0.812. The van der Waals surface area contributed by atoms with Gasteiger partial charge in [-0.25, -0.2) is 8.78 Å². The number of alkyl halides is 3. The predicted octanol–water partition coefficient (Wildman–Crippen LogP) is 5.04. The number of anilines is 1. The molecule has 1 unspecified atom stereocenters. The molecule has 2 rings (SSSR count). The Hall–Kier alpha value is -0.940. The van der Waals surface area contributed by atoms with Crippen molar-refractivity contribution in [2.24, 2.45) is 0 Å². The van der Waals surface area contributed by atoms with Gasteiger partial charge in [0.1, 0.15) is 0 Å². The molecule has 1 fully saturated rings. The molecule has 2 nitrogen and oxygen atoms in total. The third kappa shape index (κ3) is 5.36. The van der Waals surface area contributed by atoms with E-state index >= 15 is 0 Å². The number of benzene rings is 1. The number of nitrogens with one attached hydrogen (secondary N) is 1. The Morgan fingerprint density at radius 2 is 1.86 bits per heavy atom. The molecule has 1 aromatic carbocycles. The van der Waals surface area contributed by atoms with E-state index in [4.69, 9.17) is 11.6 Å². The lowest BCUT2D eigenvalue weighted by Crippen LogP contribution is -2.53. The summed E-state index contributed by atoms with van der Waals surface area (Å²) >= 11 is 6.08. The Kier molecular flexibility index (Phi) is 9.53. The fourth-order valence-corrected chi connectivity index (χ4v) is 2.56. The van der Waals surface area contributed by atoms with Crippen LogP contribution in [0.2, 0.25) is 5.02 Å². The number of hydrogen-bond donors (Lipinski definition) is 1. The van der Waals surface area contributed by atoms with Gasteiger partial charge in [0.2, 0.25) is 0 Å². The van der Waals surface area contributed by atoms with E-state index in [9.17, 15) is 13.2 Å². The first kappa shape index (κ1) is 21.1. The van der Waals surface area contributed by atoms with E-state index in [1.807, 2.05) is 43.9 Å². The van der Waals surface area contributed by atoms with Crippen molar-refractivity contribution in [1.29, 1.82) is 0 Å². The summed E-state index contributed by atoms with van der Waals surface area (Å²) in [5.74, 6) is -2.59. The molecule has 6 heteroatoms. The Morgan fingerprint density at radius 1 is 1.27 bits per heavy atom. The normalized spacial score (nSPS) is 19.5. The van der Waals surface area contributed by atoms with Gasteiger partial charge in [-0.2, -0.15) is 0 Å². The lowest BCUT2D eigenvalue weighted by molar-refractivity contribution is -0.0365. The Bertz CT molecular complexity index is 441. The van der Waals surface area contributed by atoms with Crippen LogP contribution in [-0.4, -0.2) is 32.9 Å². The molecule has 0 saturated carbocycles. The van der Waals surface area contributed by atoms with Crippen LogP contribution in [0.4, 0.5) is 18.9 Å². The van der Waals surface area contributed by atoms with Crippen molar-refractivity contribution in [3.05, 3.63) is 28.8 Å². The lowest BCUT2D eigenvalue weighted by atomic mass is 10.0. The summed E-state index contributed by atoms with van der Waals surface area (Å²) in [6, 6.07) is 5.59. The molecule has 1 N–H and O–H groups in total. The van der Waals surface area contributed by atoms with Crippen molar-refractivity contribution in [3.8, 4) is 0 Å². The van der Waals surface area contributed by atoms with Crippen molar-refractivity contribution in [3.63, 3.8) is 0 Å². The van der Waals surface area contributed by atoms with E-state index in [1.165, 1.54) is 0 Å². The maximum atomic E-state index is 13.4. The van der Waals surface area contributed by atoms with E-state index in [0.29, 0.717) is 18.7 Å². The highest BCUT2D eigenvalue weighted by molar-refractivity contribution is 6.31. The van der Waals surface area contributed by atoms with Crippen molar-refractivity contribution >= 4 is 17.3 Å². The molecule has 1 aromatic rings. The van der Waals surface area contributed by atoms with Crippen LogP contribution in [0.5, 0.6) is 0 Å². The van der Waals surface area contributed by atoms with Crippen LogP contribution in [-0.2, 0) is 0 Å². The minimum Gasteiger partial charge on any atom is -0.355 e. The Labute approximate surface area is 136 Å². The van der Waals surface area contributed by atoms with E-state index in [0.717, 1.165) is 11.3 Å². The summed E-state index contributed by atoms with van der Waals surface area (Å²) in [6.45, 7) is 6.25. The third-order valence-corrected chi connectivity index (χ3v) is 3.88. The summed E-state index contributed by atoms with van der Waals surface area (Å²) in [5.41, 5.74) is 1.86. The van der Waals surface area contributed by atoms with E-state index < -0.39 is 5.92 Å². The second-order valence-corrected chi connectivity index (χ2v) is 5.10. The van der Waals surface area contributed by atoms with Crippen LogP contribution in [0, 0.1) is 6.92 Å². The number of halogens is 4. The van der Waals surface area contributed by atoms with E-state index in [1.54, 1.807) is 7.05 Å². The molecular formula is C16H26ClF3N2. The molecule has 1 aliphatic rings. The molecule has 0 spiro atoms. The van der Waals surface area contributed by atoms with Crippen LogP contribution >= 0.6 is 11.6 Å². The summed E-state index contributed by atoms with van der Waals surface area (Å²) in [6.07, 6.45) is -0.641. The summed E-state index contributed by atoms with van der Waals surface area (Å²) in [7, 11) is 2.21. The Morgan fingerprint density at radius 3 is 2.41 bits per heavy atom. The van der Waals surface area contributed by atoms with Gasteiger partial charge >= 0.3 is 0 Å². The Balaban J connectivity index is 0.00000102. The fourth-order valence-electron chi connectivity index (χ4n) is 2.39. The van der Waals surface area contributed by atoms with Gasteiger partial charge in [-0.1, -0.05) is 31.5 Å². The van der Waals surface area contributed by atoms with Gasteiger partial charge in [0.15, 0.2) is 0 Å². The number of hydrogen-bond acceptors (Lipinski definition) is 2. The minimum absolute atomic E-state index is 0.114. The largest absolute Gasteiger partial charge is 0.355 e. The van der Waals surface area contributed by atoms with Crippen molar-refractivity contribution in [1.82, 2.24) is 5.32 Å². The van der Waals surface area contributed by atoms with Crippen LogP contribution in [0.3, 0.4) is 0 Å². The molecular weight excluding hydrogens is 313 g/mol. The second-order valence-electron chi connectivity index (χ2n) is 4.69. The van der Waals surface area contributed by atoms with Gasteiger partial charge < -0.3 is 10.2 Å². The van der Waals surface area contributed by atoms with Crippen molar-refractivity contribution in [2.45, 2.75) is 45.7 Å². The average molecular weight is 339 g/mol. The highest BCUT2D eigenvalue weighted by atomic mass is 35.5. The summed E-state index contributed by atoms with van der Waals surface area (Å²) < 4.78 is 36.3. The SMILES string of the molecule is CC.CF.CNC1CC(F)(F)CCN1c1cccc(Cl)c1C. The van der Waals surface area contributed by atoms with Crippen molar-refractivity contribution in [2.75, 3.05) is 25.7 Å². The highest BCUT2D eigenvalue weighted by Gasteiger charge is 2.40. The molecule has 1 atom stereocenters. The van der Waals surface area contributed by atoms with Gasteiger partial charge in [0, 0.05) is 30.1 Å². The van der Waals surface area contributed by atoms with E-state index in [-0.39, 0.29) is 19.0 Å². The summed E-state index contributed by atoms with van der Waals surface area (Å²) in [4.78, 5) is 1.97. The molecule has 0 amide bonds. The molecule has 0 bridgehead atoms. The summed E-state index contributed by atoms with van der Waals surface area (Å²) in [5, 5.41) is 3.62. The molecule has 128 valence electrons. The zero-order valence-corrected chi connectivity index (χ0v) is 14.6. The van der Waals surface area contributed by atoms with Crippen LogP contribution in [0.15, 0.2) is 18.2 Å². The number of rotatable bonds is 2. The van der Waals surface area contributed by atoms with Crippen LogP contribution in [0.25, 0.3) is 0 Å². The molecule has 1 heterocycles. The molecule has 0 radical (unpaired) electrons. The zero-order valence-electron chi connectivity index (χ0n) is 13.9. The fraction of sp³-hybridized carbons (Fsp3) is 0.625. The van der Waals surface area contributed by atoms with E-state index in [2.05, 4.69) is 5.32 Å². The first-order valence-corrected chi connectivity index (χ1v) is 7.77. The van der Waals surface area contributed by atoms with Crippen LogP contribution < -0.4 is 10.2 Å². The molecule has 1 aliphatic heterocycles. The topological polar surface area (TPSA) is 15.3 Å². The predicted molar refractivity (Wildman–Crippen MR) is 88.9 cm³/mol. The van der Waals surface area contributed by atoms with Gasteiger partial charge in [-0.15, -0.1) is 0 Å². The zero-order chi connectivity index (χ0) is 17.3. The molecule has 1 saturated heterocycles. The number of piperidine rings is 1. The van der Waals surface area contributed by atoms with Gasteiger partial charge in [-0.3, -0.25) is 4.39 Å². The van der Waals surface area contributed by atoms with Crippen molar-refractivity contribution < 1.29 is 13.2 Å². The monoisotopic (exact) mass is 338 g/mol. The van der Waals surface area contributed by atoms with Gasteiger partial charge in [0.05, 0.1) is 13.3 Å². The van der Waals surface area contributed by atoms with Gasteiger partial charge in [-0.05, 0) is 31.7 Å². The molecule has 22 heavy (non-hydrogen) atoms. The molecule has 0 aromatic heterocycles. The van der Waals surface area contributed by atoms with Gasteiger partial charge in [0.25, 0.3) is 5.92 Å². The number of nitrogens with zero attached hydrogens (tertiary/aromatic N) is 1. The maximum absolute atomic E-state index is 13.4. The average Bonchev–Trinajstić information content (AvgIpc) is 2.53. The standard InChI is InChI=1S/C13H17ClF2N2.C2H6.CH3F/c1-9-10(14)4-3-5-11(9)18-7-6-13(15,16)8-12(18)17-2;2*1-2/h3-5,12,17H,6-8H2,1-2H3;1-2H3;1H3. The highest BCUT2D eigenvalue weighted by Crippen LogP contribution is 2.36. The lowest BCUT2D eigenvalue weighted by Gasteiger charge is -2.41. The van der Waals surface area contributed by atoms with Crippen LogP contribution in [0.1, 0.15) is 32.3 Å². The minimum atomic E-state index is -2.59. The second kappa shape index (κ2) is 9.95. The third-order valence-electron chi connectivity index (χ3n) is 3.47. The first-order valence-electron chi connectivity index (χ1n) is 7.39. The smallest absolute Gasteiger partial charge is 0.253 e.